The van der Waals surface area contributed by atoms with Gasteiger partial charge in [0.2, 0.25) is 5.91 Å². The van der Waals surface area contributed by atoms with Crippen molar-refractivity contribution in [3.8, 4) is 11.3 Å². The lowest BCUT2D eigenvalue weighted by Gasteiger charge is -2.20. The number of likely N-dealkylation sites (N-methyl/N-ethyl adjacent to an activating group) is 1. The van der Waals surface area contributed by atoms with Crippen LogP contribution in [0, 0.1) is 0 Å². The molecule has 0 saturated carbocycles. The van der Waals surface area contributed by atoms with Gasteiger partial charge in [-0.25, -0.2) is 0 Å². The third kappa shape index (κ3) is 3.40. The van der Waals surface area contributed by atoms with E-state index in [1.165, 1.54) is 0 Å². The van der Waals surface area contributed by atoms with Crippen LogP contribution in [0.4, 0.5) is 0 Å². The molecule has 2 N–H and O–H groups in total. The second kappa shape index (κ2) is 6.11. The van der Waals surface area contributed by atoms with Crippen LogP contribution in [0.5, 0.6) is 0 Å². The Morgan fingerprint density at radius 1 is 1.30 bits per heavy atom. The number of nitrogens with two attached hydrogens (primary N) is 1. The highest BCUT2D eigenvalue weighted by molar-refractivity contribution is 6.30. The van der Waals surface area contributed by atoms with Crippen LogP contribution in [-0.2, 0) is 11.3 Å². The van der Waals surface area contributed by atoms with E-state index in [1.54, 1.807) is 6.92 Å². The van der Waals surface area contributed by atoms with E-state index < -0.39 is 0 Å². The minimum atomic E-state index is -0.350. The monoisotopic (exact) mass is 292 g/mol. The Morgan fingerprint density at radius 2 is 1.95 bits per heavy atom. The van der Waals surface area contributed by atoms with Gasteiger partial charge in [-0.05, 0) is 50.4 Å². The molecule has 0 unspecified atom stereocenters. The van der Waals surface area contributed by atoms with Gasteiger partial charge in [-0.15, -0.1) is 0 Å². The summed E-state index contributed by atoms with van der Waals surface area (Å²) in [4.78, 5) is 13.0. The molecule has 0 bridgehead atoms. The largest absolute Gasteiger partial charge is 0.460 e. The Labute approximate surface area is 123 Å². The fourth-order valence-corrected chi connectivity index (χ4v) is 1.96. The molecule has 0 saturated heterocycles. The fourth-order valence-electron chi connectivity index (χ4n) is 1.83. The highest BCUT2D eigenvalue weighted by Gasteiger charge is 2.16. The summed E-state index contributed by atoms with van der Waals surface area (Å²) in [5.74, 6) is 1.21. The van der Waals surface area contributed by atoms with Crippen LogP contribution in [0.3, 0.4) is 0 Å². The topological polar surface area (TPSA) is 59.5 Å². The summed E-state index contributed by atoms with van der Waals surface area (Å²) in [6, 6.07) is 10.9. The van der Waals surface area contributed by atoms with Crippen molar-refractivity contribution >= 4 is 17.5 Å². The van der Waals surface area contributed by atoms with E-state index in [9.17, 15) is 4.79 Å². The summed E-state index contributed by atoms with van der Waals surface area (Å²) in [7, 11) is 1.83. The first-order valence-electron chi connectivity index (χ1n) is 6.31. The first-order chi connectivity index (χ1) is 9.47. The normalized spacial score (nSPS) is 12.6. The van der Waals surface area contributed by atoms with Gasteiger partial charge in [0.25, 0.3) is 0 Å². The molecular weight excluding hydrogens is 276 g/mol. The fraction of sp³-hybridized carbons (Fsp3) is 0.267. The van der Waals surface area contributed by atoms with Gasteiger partial charge < -0.3 is 10.2 Å². The lowest BCUT2D eigenvalue weighted by atomic mass is 10.2. The summed E-state index contributed by atoms with van der Waals surface area (Å²) in [5.41, 5.74) is 6.24. The van der Waals surface area contributed by atoms with Gasteiger partial charge in [-0.2, -0.15) is 0 Å². The highest BCUT2D eigenvalue weighted by Crippen LogP contribution is 2.24. The molecule has 1 aromatic heterocycles. The Balaban J connectivity index is 2.09. The maximum atomic E-state index is 11.1. The van der Waals surface area contributed by atoms with Crippen LogP contribution < -0.4 is 5.73 Å². The Hall–Kier alpha value is -1.78. The molecule has 1 aromatic carbocycles. The van der Waals surface area contributed by atoms with Crippen LogP contribution in [0.15, 0.2) is 40.8 Å². The first kappa shape index (κ1) is 14.6. The van der Waals surface area contributed by atoms with Crippen LogP contribution in [-0.4, -0.2) is 23.9 Å². The molecule has 1 heterocycles. The summed E-state index contributed by atoms with van der Waals surface area (Å²) in [6.07, 6.45) is 0. The van der Waals surface area contributed by atoms with Crippen LogP contribution >= 0.6 is 11.6 Å². The maximum Gasteiger partial charge on any atom is 0.234 e. The first-order valence-corrected chi connectivity index (χ1v) is 6.69. The molecule has 1 amide bonds. The average Bonchev–Trinajstić information content (AvgIpc) is 2.87. The molecule has 0 spiro atoms. The average molecular weight is 293 g/mol. The van der Waals surface area contributed by atoms with Crippen LogP contribution in [0.2, 0.25) is 5.02 Å². The Bertz CT molecular complexity index is 592. The second-order valence-corrected chi connectivity index (χ2v) is 5.20. The summed E-state index contributed by atoms with van der Waals surface area (Å²) in [5, 5.41) is 0.690. The van der Waals surface area contributed by atoms with Gasteiger partial charge in [0.15, 0.2) is 0 Å². The molecule has 106 valence electrons. The maximum absolute atomic E-state index is 11.1. The van der Waals surface area contributed by atoms with Crippen molar-refractivity contribution < 1.29 is 9.21 Å². The van der Waals surface area contributed by atoms with E-state index in [0.29, 0.717) is 11.6 Å². The number of rotatable bonds is 5. The second-order valence-electron chi connectivity index (χ2n) is 4.77. The Morgan fingerprint density at radius 3 is 2.55 bits per heavy atom. The van der Waals surface area contributed by atoms with Crippen molar-refractivity contribution in [2.24, 2.45) is 5.73 Å². The lowest BCUT2D eigenvalue weighted by Crippen LogP contribution is -2.39. The minimum absolute atomic E-state index is 0.334. The van der Waals surface area contributed by atoms with Crippen molar-refractivity contribution in [2.75, 3.05) is 7.05 Å². The Kier molecular flexibility index (Phi) is 4.47. The standard InChI is InChI=1S/C15H17ClN2O2/c1-10(15(17)19)18(2)9-13-7-8-14(20-13)11-3-5-12(16)6-4-11/h3-8,10H,9H2,1-2H3,(H2,17,19)/t10-/m0/s1. The molecule has 1 atom stereocenters. The molecule has 0 fully saturated rings. The van der Waals surface area contributed by atoms with Gasteiger partial charge in [0.1, 0.15) is 11.5 Å². The molecule has 2 aromatic rings. The molecule has 0 aliphatic rings. The third-order valence-electron chi connectivity index (χ3n) is 3.27. The van der Waals surface area contributed by atoms with Gasteiger partial charge in [-0.1, -0.05) is 11.6 Å². The number of amides is 1. The van der Waals surface area contributed by atoms with E-state index in [-0.39, 0.29) is 11.9 Å². The molecule has 2 rings (SSSR count). The summed E-state index contributed by atoms with van der Waals surface area (Å²) in [6.45, 7) is 2.29. The van der Waals surface area contributed by atoms with Crippen molar-refractivity contribution in [1.82, 2.24) is 4.90 Å². The van der Waals surface area contributed by atoms with Gasteiger partial charge >= 0.3 is 0 Å². The zero-order valence-corrected chi connectivity index (χ0v) is 12.2. The third-order valence-corrected chi connectivity index (χ3v) is 3.52. The van der Waals surface area contributed by atoms with Crippen molar-refractivity contribution in [1.29, 1.82) is 0 Å². The number of hydrogen-bond acceptors (Lipinski definition) is 3. The number of halogens is 1. The number of furan rings is 1. The predicted molar refractivity (Wildman–Crippen MR) is 79.3 cm³/mol. The van der Waals surface area contributed by atoms with Crippen molar-refractivity contribution in [3.05, 3.63) is 47.2 Å². The molecule has 20 heavy (non-hydrogen) atoms. The predicted octanol–water partition coefficient (Wildman–Crippen LogP) is 2.91. The molecule has 4 nitrogen and oxygen atoms in total. The zero-order chi connectivity index (χ0) is 14.7. The van der Waals surface area contributed by atoms with Crippen molar-refractivity contribution in [2.45, 2.75) is 19.5 Å². The van der Waals surface area contributed by atoms with Crippen LogP contribution in [0.25, 0.3) is 11.3 Å². The van der Waals surface area contributed by atoms with Crippen LogP contribution in [0.1, 0.15) is 12.7 Å². The lowest BCUT2D eigenvalue weighted by molar-refractivity contribution is -0.122. The summed E-state index contributed by atoms with van der Waals surface area (Å²) < 4.78 is 5.77. The van der Waals surface area contributed by atoms with E-state index >= 15 is 0 Å². The number of nitrogens with zero attached hydrogens (tertiary/aromatic N) is 1. The molecule has 5 heteroatoms. The highest BCUT2D eigenvalue weighted by atomic mass is 35.5. The molecular formula is C15H17ClN2O2. The van der Waals surface area contributed by atoms with Gasteiger partial charge in [0, 0.05) is 10.6 Å². The zero-order valence-electron chi connectivity index (χ0n) is 11.5. The van der Waals surface area contributed by atoms with Gasteiger partial charge in [-0.3, -0.25) is 9.69 Å². The van der Waals surface area contributed by atoms with E-state index in [2.05, 4.69) is 0 Å². The van der Waals surface area contributed by atoms with Gasteiger partial charge in [0.05, 0.1) is 12.6 Å². The smallest absolute Gasteiger partial charge is 0.234 e. The molecule has 0 aliphatic heterocycles. The number of primary amides is 1. The van der Waals surface area contributed by atoms with E-state index in [1.807, 2.05) is 48.3 Å². The number of hydrogen-bond donors (Lipinski definition) is 1. The quantitative estimate of drug-likeness (QED) is 0.922. The SMILES string of the molecule is C[C@@H](C(N)=O)N(C)Cc1ccc(-c2ccc(Cl)cc2)o1. The van der Waals surface area contributed by atoms with Crippen molar-refractivity contribution in [3.63, 3.8) is 0 Å². The molecule has 0 aliphatic carbocycles. The minimum Gasteiger partial charge on any atom is -0.460 e. The number of carbonyl (C=O) groups excluding carboxylic acids is 1. The van der Waals surface area contributed by atoms with E-state index in [4.69, 9.17) is 21.8 Å². The number of carbonyl (C=O) groups is 1. The van der Waals surface area contributed by atoms with E-state index in [0.717, 1.165) is 17.1 Å². The summed E-state index contributed by atoms with van der Waals surface area (Å²) >= 11 is 5.86. The number of benzene rings is 1. The molecule has 0 radical (unpaired) electrons.